The van der Waals surface area contributed by atoms with Crippen molar-refractivity contribution in [1.29, 1.82) is 0 Å². The minimum atomic E-state index is 0.120. The molecule has 3 nitrogen and oxygen atoms in total. The Bertz CT molecular complexity index is 468. The number of nitrogens with two attached hydrogens (primary N) is 1. The molecule has 1 fully saturated rings. The second kappa shape index (κ2) is 5.01. The van der Waals surface area contributed by atoms with Crippen molar-refractivity contribution in [1.82, 2.24) is 0 Å². The standard InChI is InChI=1S/C15H22N2O/c1-9-5-4-6-12(9)15(18)17-14-8-11(3)10(2)7-13(14)16/h7-9,12H,4-6,16H2,1-3H3,(H,17,18). The van der Waals surface area contributed by atoms with E-state index in [9.17, 15) is 4.79 Å². The molecule has 0 heterocycles. The third-order valence-corrected chi connectivity index (χ3v) is 4.12. The van der Waals surface area contributed by atoms with Crippen LogP contribution in [0.3, 0.4) is 0 Å². The van der Waals surface area contributed by atoms with Gasteiger partial charge in [0.25, 0.3) is 0 Å². The Morgan fingerprint density at radius 3 is 2.56 bits per heavy atom. The third kappa shape index (κ3) is 2.50. The highest BCUT2D eigenvalue weighted by atomic mass is 16.1. The Morgan fingerprint density at radius 1 is 1.28 bits per heavy atom. The molecule has 1 aliphatic carbocycles. The molecule has 1 saturated carbocycles. The van der Waals surface area contributed by atoms with E-state index in [-0.39, 0.29) is 11.8 Å². The Morgan fingerprint density at radius 2 is 1.94 bits per heavy atom. The zero-order chi connectivity index (χ0) is 13.3. The van der Waals surface area contributed by atoms with Crippen LogP contribution in [0.25, 0.3) is 0 Å². The van der Waals surface area contributed by atoms with E-state index in [1.54, 1.807) is 0 Å². The summed E-state index contributed by atoms with van der Waals surface area (Å²) in [6, 6.07) is 3.88. The zero-order valence-electron chi connectivity index (χ0n) is 11.4. The lowest BCUT2D eigenvalue weighted by atomic mass is 9.97. The van der Waals surface area contributed by atoms with Gasteiger partial charge in [-0.15, -0.1) is 0 Å². The first-order chi connectivity index (χ1) is 8.49. The van der Waals surface area contributed by atoms with E-state index in [1.807, 2.05) is 26.0 Å². The fraction of sp³-hybridized carbons (Fsp3) is 0.533. The number of amides is 1. The number of hydrogen-bond acceptors (Lipinski definition) is 2. The Labute approximate surface area is 109 Å². The van der Waals surface area contributed by atoms with Crippen LogP contribution in [0.4, 0.5) is 11.4 Å². The molecule has 3 N–H and O–H groups in total. The summed E-state index contributed by atoms with van der Waals surface area (Å²) >= 11 is 0. The molecule has 18 heavy (non-hydrogen) atoms. The molecule has 2 atom stereocenters. The van der Waals surface area contributed by atoms with Gasteiger partial charge in [-0.25, -0.2) is 0 Å². The van der Waals surface area contributed by atoms with Gasteiger partial charge in [0.2, 0.25) is 5.91 Å². The van der Waals surface area contributed by atoms with Crippen LogP contribution >= 0.6 is 0 Å². The molecule has 0 radical (unpaired) electrons. The zero-order valence-corrected chi connectivity index (χ0v) is 11.4. The second-order valence-corrected chi connectivity index (χ2v) is 5.53. The van der Waals surface area contributed by atoms with Crippen LogP contribution in [0.2, 0.25) is 0 Å². The van der Waals surface area contributed by atoms with Crippen molar-refractivity contribution in [2.45, 2.75) is 40.0 Å². The van der Waals surface area contributed by atoms with E-state index < -0.39 is 0 Å². The van der Waals surface area contributed by atoms with E-state index >= 15 is 0 Å². The molecule has 0 aliphatic heterocycles. The van der Waals surface area contributed by atoms with Gasteiger partial charge in [-0.3, -0.25) is 4.79 Å². The van der Waals surface area contributed by atoms with E-state index in [1.165, 1.54) is 0 Å². The molecule has 3 heteroatoms. The number of carbonyl (C=O) groups is 1. The number of rotatable bonds is 2. The van der Waals surface area contributed by atoms with Crippen LogP contribution in [-0.2, 0) is 4.79 Å². The van der Waals surface area contributed by atoms with Crippen molar-refractivity contribution in [3.63, 3.8) is 0 Å². The maximum Gasteiger partial charge on any atom is 0.227 e. The summed E-state index contributed by atoms with van der Waals surface area (Å²) in [5.74, 6) is 0.749. The fourth-order valence-electron chi connectivity index (χ4n) is 2.71. The number of nitrogen functional groups attached to an aromatic ring is 1. The molecular weight excluding hydrogens is 224 g/mol. The number of benzene rings is 1. The highest BCUT2D eigenvalue weighted by molar-refractivity contribution is 5.95. The summed E-state index contributed by atoms with van der Waals surface area (Å²) in [6.07, 6.45) is 3.31. The topological polar surface area (TPSA) is 55.1 Å². The first-order valence-electron chi connectivity index (χ1n) is 6.66. The van der Waals surface area contributed by atoms with Crippen LogP contribution in [-0.4, -0.2) is 5.91 Å². The fourth-order valence-corrected chi connectivity index (χ4v) is 2.71. The normalized spacial score (nSPS) is 23.1. The molecule has 2 unspecified atom stereocenters. The first-order valence-corrected chi connectivity index (χ1v) is 6.66. The lowest BCUT2D eigenvalue weighted by Crippen LogP contribution is -2.25. The molecule has 1 aromatic rings. The van der Waals surface area contributed by atoms with Crippen molar-refractivity contribution in [2.24, 2.45) is 11.8 Å². The van der Waals surface area contributed by atoms with Gasteiger partial charge in [0, 0.05) is 5.92 Å². The Balaban J connectivity index is 2.14. The molecule has 0 aromatic heterocycles. The first kappa shape index (κ1) is 12.9. The van der Waals surface area contributed by atoms with Gasteiger partial charge in [0.1, 0.15) is 0 Å². The van der Waals surface area contributed by atoms with Crippen LogP contribution < -0.4 is 11.1 Å². The number of aryl methyl sites for hydroxylation is 2. The summed E-state index contributed by atoms with van der Waals surface area (Å²) in [6.45, 7) is 6.21. The number of carbonyl (C=O) groups excluding carboxylic acids is 1. The highest BCUT2D eigenvalue weighted by Crippen LogP contribution is 2.33. The van der Waals surface area contributed by atoms with Gasteiger partial charge < -0.3 is 11.1 Å². The smallest absolute Gasteiger partial charge is 0.227 e. The van der Waals surface area contributed by atoms with Crippen molar-refractivity contribution in [2.75, 3.05) is 11.1 Å². The highest BCUT2D eigenvalue weighted by Gasteiger charge is 2.29. The summed E-state index contributed by atoms with van der Waals surface area (Å²) < 4.78 is 0. The van der Waals surface area contributed by atoms with Crippen LogP contribution in [0, 0.1) is 25.7 Å². The van der Waals surface area contributed by atoms with Gasteiger partial charge in [0.05, 0.1) is 11.4 Å². The largest absolute Gasteiger partial charge is 0.397 e. The summed E-state index contributed by atoms with van der Waals surface area (Å²) in [4.78, 5) is 12.2. The second-order valence-electron chi connectivity index (χ2n) is 5.53. The van der Waals surface area contributed by atoms with Gasteiger partial charge >= 0.3 is 0 Å². The van der Waals surface area contributed by atoms with E-state index in [2.05, 4.69) is 12.2 Å². The van der Waals surface area contributed by atoms with Gasteiger partial charge in [-0.05, 0) is 55.9 Å². The van der Waals surface area contributed by atoms with Crippen LogP contribution in [0.1, 0.15) is 37.3 Å². The SMILES string of the molecule is Cc1cc(N)c(NC(=O)C2CCCC2C)cc1C. The molecule has 1 aromatic carbocycles. The van der Waals surface area contributed by atoms with E-state index in [4.69, 9.17) is 5.73 Å². The predicted molar refractivity (Wildman–Crippen MR) is 75.5 cm³/mol. The van der Waals surface area contributed by atoms with E-state index in [0.29, 0.717) is 11.6 Å². The summed E-state index contributed by atoms with van der Waals surface area (Å²) in [5, 5.41) is 2.99. The third-order valence-electron chi connectivity index (χ3n) is 4.12. The molecule has 1 amide bonds. The van der Waals surface area contributed by atoms with Crippen LogP contribution in [0.5, 0.6) is 0 Å². The number of anilines is 2. The van der Waals surface area contributed by atoms with Crippen molar-refractivity contribution in [3.8, 4) is 0 Å². The molecule has 0 saturated heterocycles. The molecule has 0 spiro atoms. The Kier molecular flexibility index (Phi) is 3.60. The monoisotopic (exact) mass is 246 g/mol. The van der Waals surface area contributed by atoms with Crippen molar-refractivity contribution in [3.05, 3.63) is 23.3 Å². The van der Waals surface area contributed by atoms with E-state index in [0.717, 1.165) is 36.1 Å². The van der Waals surface area contributed by atoms with Crippen LogP contribution in [0.15, 0.2) is 12.1 Å². The van der Waals surface area contributed by atoms with Gasteiger partial charge in [0.15, 0.2) is 0 Å². The lowest BCUT2D eigenvalue weighted by Gasteiger charge is -2.17. The maximum absolute atomic E-state index is 12.2. The summed E-state index contributed by atoms with van der Waals surface area (Å²) in [7, 11) is 0. The summed E-state index contributed by atoms with van der Waals surface area (Å²) in [5.41, 5.74) is 9.66. The maximum atomic E-state index is 12.2. The van der Waals surface area contributed by atoms with Crippen molar-refractivity contribution >= 4 is 17.3 Å². The Hall–Kier alpha value is -1.51. The lowest BCUT2D eigenvalue weighted by molar-refractivity contribution is -0.120. The molecule has 0 bridgehead atoms. The molecule has 2 rings (SSSR count). The minimum absolute atomic E-state index is 0.120. The average molecular weight is 246 g/mol. The number of hydrogen-bond donors (Lipinski definition) is 2. The molecular formula is C15H22N2O. The van der Waals surface area contributed by atoms with Gasteiger partial charge in [-0.2, -0.15) is 0 Å². The quantitative estimate of drug-likeness (QED) is 0.787. The molecule has 98 valence electrons. The molecule has 1 aliphatic rings. The predicted octanol–water partition coefficient (Wildman–Crippen LogP) is 3.26. The van der Waals surface area contributed by atoms with Crippen molar-refractivity contribution < 1.29 is 4.79 Å². The number of nitrogens with one attached hydrogen (secondary N) is 1. The minimum Gasteiger partial charge on any atom is -0.397 e. The van der Waals surface area contributed by atoms with Gasteiger partial charge in [-0.1, -0.05) is 13.3 Å². The average Bonchev–Trinajstić information content (AvgIpc) is 2.72.